The fraction of sp³-hybridized carbons (Fsp3) is 0.889. The first-order valence-electron chi connectivity index (χ1n) is 4.50. The van der Waals surface area contributed by atoms with Gasteiger partial charge in [-0.25, -0.2) is 0 Å². The molecule has 3 heteroatoms. The quantitative estimate of drug-likeness (QED) is 0.634. The number of aliphatic hydroxyl groups excluding tert-OH is 1. The molecule has 0 aliphatic heterocycles. The SMILES string of the molecule is CC(=O)OCC1CCC(O)CC1. The van der Waals surface area contributed by atoms with Crippen LogP contribution in [0, 0.1) is 5.92 Å². The third-order valence-electron chi connectivity index (χ3n) is 2.34. The van der Waals surface area contributed by atoms with Gasteiger partial charge in [0.05, 0.1) is 12.7 Å². The summed E-state index contributed by atoms with van der Waals surface area (Å²) in [6.07, 6.45) is 3.54. The van der Waals surface area contributed by atoms with Crippen LogP contribution in [0.25, 0.3) is 0 Å². The Morgan fingerprint density at radius 3 is 2.50 bits per heavy atom. The molecule has 1 fully saturated rings. The maximum atomic E-state index is 10.5. The molecule has 0 aromatic heterocycles. The van der Waals surface area contributed by atoms with E-state index in [-0.39, 0.29) is 12.1 Å². The predicted molar refractivity (Wildman–Crippen MR) is 44.6 cm³/mol. The lowest BCUT2D eigenvalue weighted by atomic mass is 9.88. The van der Waals surface area contributed by atoms with Gasteiger partial charge in [0.25, 0.3) is 0 Å². The highest BCUT2D eigenvalue weighted by molar-refractivity contribution is 5.65. The molecular weight excluding hydrogens is 156 g/mol. The highest BCUT2D eigenvalue weighted by Crippen LogP contribution is 2.24. The summed E-state index contributed by atoms with van der Waals surface area (Å²) in [6, 6.07) is 0. The lowest BCUT2D eigenvalue weighted by Gasteiger charge is -2.24. The van der Waals surface area contributed by atoms with Crippen molar-refractivity contribution < 1.29 is 14.6 Å². The highest BCUT2D eigenvalue weighted by Gasteiger charge is 2.19. The Hall–Kier alpha value is -0.570. The van der Waals surface area contributed by atoms with Crippen LogP contribution in [0.1, 0.15) is 32.6 Å². The first kappa shape index (κ1) is 9.52. The van der Waals surface area contributed by atoms with Crippen molar-refractivity contribution in [1.82, 2.24) is 0 Å². The second kappa shape index (κ2) is 4.45. The van der Waals surface area contributed by atoms with E-state index in [9.17, 15) is 9.90 Å². The molecule has 0 spiro atoms. The number of carbonyl (C=O) groups is 1. The van der Waals surface area contributed by atoms with Crippen molar-refractivity contribution >= 4 is 5.97 Å². The molecule has 0 bridgehead atoms. The minimum atomic E-state index is -0.207. The Kier molecular flexibility index (Phi) is 3.53. The van der Waals surface area contributed by atoms with Gasteiger partial charge in [-0.3, -0.25) is 4.79 Å². The van der Waals surface area contributed by atoms with E-state index in [1.165, 1.54) is 6.92 Å². The van der Waals surface area contributed by atoms with Crippen LogP contribution in [0.2, 0.25) is 0 Å². The predicted octanol–water partition coefficient (Wildman–Crippen LogP) is 1.10. The zero-order chi connectivity index (χ0) is 8.97. The van der Waals surface area contributed by atoms with Crippen LogP contribution in [0.4, 0.5) is 0 Å². The van der Waals surface area contributed by atoms with Crippen molar-refractivity contribution in [2.24, 2.45) is 5.92 Å². The van der Waals surface area contributed by atoms with Gasteiger partial charge in [0.15, 0.2) is 0 Å². The Bertz CT molecular complexity index is 148. The number of rotatable bonds is 2. The van der Waals surface area contributed by atoms with Crippen LogP contribution < -0.4 is 0 Å². The maximum absolute atomic E-state index is 10.5. The molecule has 0 saturated heterocycles. The zero-order valence-electron chi connectivity index (χ0n) is 7.45. The molecular formula is C9H16O3. The summed E-state index contributed by atoms with van der Waals surface area (Å²) in [6.45, 7) is 1.96. The standard InChI is InChI=1S/C9H16O3/c1-7(10)12-6-8-2-4-9(11)5-3-8/h8-9,11H,2-6H2,1H3. The molecule has 1 N–H and O–H groups in total. The molecule has 0 unspecified atom stereocenters. The Balaban J connectivity index is 2.13. The Labute approximate surface area is 72.7 Å². The Morgan fingerprint density at radius 2 is 2.00 bits per heavy atom. The van der Waals surface area contributed by atoms with Crippen molar-refractivity contribution in [3.8, 4) is 0 Å². The molecule has 12 heavy (non-hydrogen) atoms. The first-order chi connectivity index (χ1) is 5.68. The van der Waals surface area contributed by atoms with Crippen molar-refractivity contribution in [2.45, 2.75) is 38.7 Å². The Morgan fingerprint density at radius 1 is 1.42 bits per heavy atom. The minimum absolute atomic E-state index is 0.126. The summed E-state index contributed by atoms with van der Waals surface area (Å²) in [7, 11) is 0. The van der Waals surface area contributed by atoms with E-state index < -0.39 is 0 Å². The van der Waals surface area contributed by atoms with Gasteiger partial charge in [-0.05, 0) is 31.6 Å². The smallest absolute Gasteiger partial charge is 0.302 e. The molecule has 0 aromatic carbocycles. The second-order valence-electron chi connectivity index (χ2n) is 3.48. The number of hydrogen-bond donors (Lipinski definition) is 1. The molecule has 0 amide bonds. The molecule has 1 rings (SSSR count). The van der Waals surface area contributed by atoms with Gasteiger partial charge in [-0.15, -0.1) is 0 Å². The number of ether oxygens (including phenoxy) is 1. The molecule has 1 aliphatic carbocycles. The van der Waals surface area contributed by atoms with Gasteiger partial charge in [-0.2, -0.15) is 0 Å². The second-order valence-corrected chi connectivity index (χ2v) is 3.48. The summed E-state index contributed by atoms with van der Waals surface area (Å²) >= 11 is 0. The minimum Gasteiger partial charge on any atom is -0.466 e. The van der Waals surface area contributed by atoms with Gasteiger partial charge in [-0.1, -0.05) is 0 Å². The molecule has 3 nitrogen and oxygen atoms in total. The van der Waals surface area contributed by atoms with Crippen molar-refractivity contribution in [3.63, 3.8) is 0 Å². The van der Waals surface area contributed by atoms with E-state index in [2.05, 4.69) is 0 Å². The summed E-state index contributed by atoms with van der Waals surface area (Å²) in [4.78, 5) is 10.5. The van der Waals surface area contributed by atoms with Gasteiger partial charge in [0, 0.05) is 6.92 Å². The first-order valence-corrected chi connectivity index (χ1v) is 4.50. The van der Waals surface area contributed by atoms with Crippen LogP contribution in [-0.4, -0.2) is 23.8 Å². The van der Waals surface area contributed by atoms with Gasteiger partial charge in [0.2, 0.25) is 0 Å². The fourth-order valence-corrected chi connectivity index (χ4v) is 1.55. The lowest BCUT2D eigenvalue weighted by Crippen LogP contribution is -2.22. The van der Waals surface area contributed by atoms with Gasteiger partial charge >= 0.3 is 5.97 Å². The van der Waals surface area contributed by atoms with E-state index in [1.807, 2.05) is 0 Å². The monoisotopic (exact) mass is 172 g/mol. The normalized spacial score (nSPS) is 29.8. The molecule has 1 saturated carbocycles. The highest BCUT2D eigenvalue weighted by atomic mass is 16.5. The molecule has 0 aromatic rings. The van der Waals surface area contributed by atoms with E-state index >= 15 is 0 Å². The fourth-order valence-electron chi connectivity index (χ4n) is 1.55. The lowest BCUT2D eigenvalue weighted by molar-refractivity contribution is -0.142. The number of aliphatic hydroxyl groups is 1. The van der Waals surface area contributed by atoms with Crippen molar-refractivity contribution in [2.75, 3.05) is 6.61 Å². The van der Waals surface area contributed by atoms with Crippen LogP contribution in [-0.2, 0) is 9.53 Å². The van der Waals surface area contributed by atoms with Crippen LogP contribution in [0.15, 0.2) is 0 Å². The largest absolute Gasteiger partial charge is 0.466 e. The molecule has 1 aliphatic rings. The number of esters is 1. The van der Waals surface area contributed by atoms with E-state index in [0.717, 1.165) is 25.7 Å². The van der Waals surface area contributed by atoms with Crippen LogP contribution in [0.3, 0.4) is 0 Å². The summed E-state index contributed by atoms with van der Waals surface area (Å²) in [5, 5.41) is 9.20. The summed E-state index contributed by atoms with van der Waals surface area (Å²) in [5.74, 6) is 0.262. The van der Waals surface area contributed by atoms with Gasteiger partial charge < -0.3 is 9.84 Å². The summed E-state index contributed by atoms with van der Waals surface area (Å²) in [5.41, 5.74) is 0. The average Bonchev–Trinajstić information content (AvgIpc) is 2.03. The third-order valence-corrected chi connectivity index (χ3v) is 2.34. The van der Waals surface area contributed by atoms with Crippen LogP contribution in [0.5, 0.6) is 0 Å². The molecule has 0 atom stereocenters. The van der Waals surface area contributed by atoms with E-state index in [1.54, 1.807) is 0 Å². The van der Waals surface area contributed by atoms with E-state index in [0.29, 0.717) is 12.5 Å². The molecule has 0 radical (unpaired) electrons. The maximum Gasteiger partial charge on any atom is 0.302 e. The topological polar surface area (TPSA) is 46.5 Å². The van der Waals surface area contributed by atoms with Gasteiger partial charge in [0.1, 0.15) is 0 Å². The summed E-state index contributed by atoms with van der Waals surface area (Å²) < 4.78 is 4.90. The van der Waals surface area contributed by atoms with E-state index in [4.69, 9.17) is 4.74 Å². The molecule has 70 valence electrons. The molecule has 0 heterocycles. The van der Waals surface area contributed by atoms with Crippen LogP contribution >= 0.6 is 0 Å². The average molecular weight is 172 g/mol. The number of hydrogen-bond acceptors (Lipinski definition) is 3. The van der Waals surface area contributed by atoms with Crippen molar-refractivity contribution in [1.29, 1.82) is 0 Å². The van der Waals surface area contributed by atoms with Crippen molar-refractivity contribution in [3.05, 3.63) is 0 Å². The third kappa shape index (κ3) is 3.22. The number of carbonyl (C=O) groups excluding carboxylic acids is 1. The zero-order valence-corrected chi connectivity index (χ0v) is 7.45.